The smallest absolute Gasteiger partial charge is 0.306 e. The Balaban J connectivity index is 1.57. The van der Waals surface area contributed by atoms with Gasteiger partial charge in [0.05, 0.1) is 75.1 Å². The van der Waals surface area contributed by atoms with E-state index < -0.39 is 54.3 Å². The van der Waals surface area contributed by atoms with Gasteiger partial charge in [0.1, 0.15) is 44.5 Å². The zero-order chi connectivity index (χ0) is 54.6. The van der Waals surface area contributed by atoms with Crippen molar-refractivity contribution in [1.82, 2.24) is 0 Å². The van der Waals surface area contributed by atoms with Crippen molar-refractivity contribution >= 4 is 43.1 Å². The Kier molecular flexibility index (Phi) is 32.9. The number of hydrogen-bond donors (Lipinski definition) is 0. The molecule has 0 spiro atoms. The fourth-order valence-corrected chi connectivity index (χ4v) is 8.28. The van der Waals surface area contributed by atoms with Crippen molar-refractivity contribution in [2.45, 2.75) is 173 Å². The topological polar surface area (TPSA) is 269 Å². The van der Waals surface area contributed by atoms with Gasteiger partial charge in [-0.1, -0.05) is 103 Å². The van der Waals surface area contributed by atoms with Crippen LogP contribution in [0.15, 0.2) is 36.4 Å². The van der Waals surface area contributed by atoms with Crippen LogP contribution in [0, 0.1) is 20.2 Å². The first kappa shape index (κ1) is 64.9. The highest BCUT2D eigenvalue weighted by Gasteiger charge is 2.23. The van der Waals surface area contributed by atoms with Gasteiger partial charge in [0.15, 0.2) is 6.10 Å². The summed E-state index contributed by atoms with van der Waals surface area (Å²) >= 11 is 0. The lowest BCUT2D eigenvalue weighted by Crippen LogP contribution is -2.37. The molecule has 2 atom stereocenters. The van der Waals surface area contributed by atoms with Gasteiger partial charge >= 0.3 is 23.9 Å². The van der Waals surface area contributed by atoms with Gasteiger partial charge in [-0.3, -0.25) is 44.0 Å². The summed E-state index contributed by atoms with van der Waals surface area (Å²) in [4.78, 5) is 83.8. The van der Waals surface area contributed by atoms with Gasteiger partial charge < -0.3 is 46.8 Å². The van der Waals surface area contributed by atoms with Crippen LogP contribution in [-0.2, 0) is 65.0 Å². The second kappa shape index (κ2) is 37.5. The van der Waals surface area contributed by atoms with E-state index in [2.05, 4.69) is 0 Å². The largest absolute Gasteiger partial charge is 0.756 e. The Morgan fingerprint density at radius 3 is 1.23 bits per heavy atom. The average Bonchev–Trinajstić information content (AvgIpc) is 3.35. The van der Waals surface area contributed by atoms with Gasteiger partial charge in [0, 0.05) is 25.7 Å². The van der Waals surface area contributed by atoms with Crippen LogP contribution in [0.1, 0.15) is 165 Å². The molecule has 0 aromatic heterocycles. The van der Waals surface area contributed by atoms with E-state index in [-0.39, 0.29) is 63.5 Å². The number of benzene rings is 2. The first-order valence-corrected chi connectivity index (χ1v) is 27.5. The number of nitro groups is 2. The number of nitro benzene ring substituents is 2. The molecular weight excluding hydrogens is 986 g/mol. The van der Waals surface area contributed by atoms with Gasteiger partial charge in [0.25, 0.3) is 19.2 Å². The number of ether oxygens (including phenoxy) is 6. The number of rotatable bonds is 44. The monoisotopic (exact) mass is 1070 g/mol. The summed E-state index contributed by atoms with van der Waals surface area (Å²) in [5.74, 6) is -1.13. The third-order valence-corrected chi connectivity index (χ3v) is 12.9. The predicted octanol–water partition coefficient (Wildman–Crippen LogP) is 10.3. The zero-order valence-corrected chi connectivity index (χ0v) is 45.3. The van der Waals surface area contributed by atoms with E-state index in [1.165, 1.54) is 38.5 Å². The summed E-state index contributed by atoms with van der Waals surface area (Å²) in [5.41, 5.74) is 0.286. The van der Waals surface area contributed by atoms with E-state index >= 15 is 0 Å². The number of hydrogen-bond acceptors (Lipinski definition) is 18. The lowest BCUT2D eigenvalue weighted by atomic mass is 10.1. The SMILES string of the molecule is COc1ccc(COC(=O)CCCCCCCCCCCCC(=O)OC[C@H](COP(=O)([O-])OCC[N+](C)(C)C)OC(=O)CCCCCCCCCCCCC(=O)OCc2ccc(OC)cc2[N+](=O)[O-])c([N+](=O)[O-])c1. The number of carbonyl (C=O) groups excluding carboxylic acids is 4. The van der Waals surface area contributed by atoms with E-state index in [1.807, 2.05) is 21.1 Å². The first-order chi connectivity index (χ1) is 35.3. The number of esters is 4. The predicted molar refractivity (Wildman–Crippen MR) is 273 cm³/mol. The van der Waals surface area contributed by atoms with E-state index in [4.69, 9.17) is 37.5 Å². The molecule has 2 aromatic rings. The Bertz CT molecular complexity index is 2050. The van der Waals surface area contributed by atoms with Crippen LogP contribution in [0.4, 0.5) is 11.4 Å². The Morgan fingerprint density at radius 2 is 0.878 bits per heavy atom. The Labute approximate surface area is 436 Å². The molecular formula is C52H82N3O18P. The van der Waals surface area contributed by atoms with Gasteiger partial charge in [-0.25, -0.2) is 0 Å². The van der Waals surface area contributed by atoms with Crippen molar-refractivity contribution in [3.8, 4) is 11.5 Å². The van der Waals surface area contributed by atoms with E-state index in [1.54, 1.807) is 12.1 Å². The number of phosphoric acid groups is 1. The van der Waals surface area contributed by atoms with Crippen molar-refractivity contribution in [2.75, 3.05) is 61.7 Å². The fraction of sp³-hybridized carbons (Fsp3) is 0.692. The number of methoxy groups -OCH3 is 2. The summed E-state index contributed by atoms with van der Waals surface area (Å²) in [6.07, 6.45) is 17.6. The Hall–Kier alpha value is -5.21. The number of phosphoric ester groups is 1. The van der Waals surface area contributed by atoms with Gasteiger partial charge in [0.2, 0.25) is 0 Å². The minimum atomic E-state index is -4.72. The highest BCUT2D eigenvalue weighted by atomic mass is 31.2. The van der Waals surface area contributed by atoms with E-state index in [9.17, 15) is 48.9 Å². The zero-order valence-electron chi connectivity index (χ0n) is 44.4. The third-order valence-electron chi connectivity index (χ3n) is 11.9. The van der Waals surface area contributed by atoms with Crippen molar-refractivity contribution in [3.05, 3.63) is 67.8 Å². The minimum Gasteiger partial charge on any atom is -0.756 e. The van der Waals surface area contributed by atoms with Gasteiger partial charge in [-0.15, -0.1) is 0 Å². The molecule has 0 radical (unpaired) electrons. The molecule has 2 rings (SSSR count). The van der Waals surface area contributed by atoms with Crippen molar-refractivity contribution in [3.63, 3.8) is 0 Å². The van der Waals surface area contributed by atoms with Crippen molar-refractivity contribution in [1.29, 1.82) is 0 Å². The molecule has 0 N–H and O–H groups in total. The molecule has 0 saturated carbocycles. The molecule has 0 amide bonds. The lowest BCUT2D eigenvalue weighted by Gasteiger charge is -2.28. The lowest BCUT2D eigenvalue weighted by molar-refractivity contribution is -0.870. The number of carbonyl (C=O) groups is 4. The quantitative estimate of drug-likeness (QED) is 0.0113. The molecule has 0 bridgehead atoms. The van der Waals surface area contributed by atoms with Crippen LogP contribution in [0.25, 0.3) is 0 Å². The van der Waals surface area contributed by atoms with Crippen LogP contribution in [0.5, 0.6) is 11.5 Å². The van der Waals surface area contributed by atoms with Crippen LogP contribution >= 0.6 is 7.82 Å². The second-order valence-electron chi connectivity index (χ2n) is 19.3. The summed E-state index contributed by atoms with van der Waals surface area (Å²) in [6, 6.07) is 8.80. The van der Waals surface area contributed by atoms with Gasteiger partial charge in [-0.05, 0) is 49.9 Å². The minimum absolute atomic E-state index is 0.0970. The maximum absolute atomic E-state index is 12.8. The number of quaternary nitrogens is 1. The molecule has 0 heterocycles. The molecule has 21 nitrogen and oxygen atoms in total. The molecule has 1 unspecified atom stereocenters. The van der Waals surface area contributed by atoms with Crippen LogP contribution in [-0.4, -0.2) is 106 Å². The molecule has 418 valence electrons. The summed E-state index contributed by atoms with van der Waals surface area (Å²) in [7, 11) is 3.77. The molecule has 0 saturated heterocycles. The highest BCUT2D eigenvalue weighted by Crippen LogP contribution is 2.38. The van der Waals surface area contributed by atoms with Crippen LogP contribution < -0.4 is 14.4 Å². The third kappa shape index (κ3) is 31.5. The van der Waals surface area contributed by atoms with Crippen molar-refractivity contribution in [2.24, 2.45) is 0 Å². The van der Waals surface area contributed by atoms with Crippen LogP contribution in [0.3, 0.4) is 0 Å². The average molecular weight is 1070 g/mol. The Morgan fingerprint density at radius 1 is 0.527 bits per heavy atom. The molecule has 0 aliphatic carbocycles. The summed E-state index contributed by atoms with van der Waals surface area (Å²) < 4.78 is 54.4. The molecule has 74 heavy (non-hydrogen) atoms. The van der Waals surface area contributed by atoms with Crippen LogP contribution in [0.2, 0.25) is 0 Å². The highest BCUT2D eigenvalue weighted by molar-refractivity contribution is 7.45. The number of likely N-dealkylation sites (N-methyl/N-ethyl adjacent to an activating group) is 1. The molecule has 22 heteroatoms. The number of nitrogens with zero attached hydrogens (tertiary/aromatic N) is 3. The standard InChI is InChI=1S/C52H82N3O18P/c1-55(2,3)34-35-71-74(64,65)72-41-46(73-52(59)29-25-21-17-13-9-8-11-15-19-23-27-50(57)69-39-43-31-33-45(67-5)37-48(43)54(62)63)40-70-51(58)28-24-20-16-12-7-6-10-14-18-22-26-49(56)68-38-42-30-32-44(66-4)36-47(42)53(60)61/h30-33,36-37,46H,6-29,34-35,38-41H2,1-5H3/t46-/m1/s1. The number of unbranched alkanes of at least 4 members (excludes halogenated alkanes) is 18. The molecule has 2 aromatic carbocycles. The van der Waals surface area contributed by atoms with Gasteiger partial charge in [-0.2, -0.15) is 0 Å². The first-order valence-electron chi connectivity index (χ1n) is 26.0. The molecule has 0 fully saturated rings. The summed E-state index contributed by atoms with van der Waals surface area (Å²) in [5, 5.41) is 22.7. The second-order valence-corrected chi connectivity index (χ2v) is 20.7. The maximum Gasteiger partial charge on any atom is 0.306 e. The maximum atomic E-state index is 12.8. The van der Waals surface area contributed by atoms with Crippen molar-refractivity contribution < 1.29 is 80.4 Å². The summed E-state index contributed by atoms with van der Waals surface area (Å²) in [6.45, 7) is -0.954. The molecule has 0 aliphatic heterocycles. The van der Waals surface area contributed by atoms with E-state index in [0.29, 0.717) is 59.3 Å². The fourth-order valence-electron chi connectivity index (χ4n) is 7.55. The van der Waals surface area contributed by atoms with E-state index in [0.717, 1.165) is 103 Å². The normalized spacial score (nSPS) is 12.6. The molecule has 0 aliphatic rings.